The van der Waals surface area contributed by atoms with Gasteiger partial charge in [0.2, 0.25) is 22.4 Å². The van der Waals surface area contributed by atoms with E-state index in [0.717, 1.165) is 54.1 Å². The summed E-state index contributed by atoms with van der Waals surface area (Å²) in [6.07, 6.45) is 21.7. The fraction of sp³-hybridized carbons (Fsp3) is 0.472. The third kappa shape index (κ3) is 15.4. The number of halogens is 1. The van der Waals surface area contributed by atoms with E-state index in [1.165, 1.54) is 4.57 Å². The Morgan fingerprint density at radius 3 is 1.44 bits per heavy atom. The number of terminal acetylenes is 1. The first-order valence-electron chi connectivity index (χ1n) is 31.4. The molecule has 2 aromatic carbocycles. The van der Waals surface area contributed by atoms with Crippen molar-refractivity contribution in [1.82, 2.24) is 39.1 Å². The average molecular weight is 1340 g/mol. The van der Waals surface area contributed by atoms with Crippen LogP contribution in [0.1, 0.15) is 192 Å². The van der Waals surface area contributed by atoms with Crippen LogP contribution >= 0.6 is 22.6 Å². The van der Waals surface area contributed by atoms with E-state index in [9.17, 15) is 9.59 Å². The van der Waals surface area contributed by atoms with Crippen LogP contribution < -0.4 is 0 Å². The van der Waals surface area contributed by atoms with E-state index in [2.05, 4.69) is 214 Å². The number of rotatable bonds is 19. The lowest BCUT2D eigenvalue weighted by Gasteiger charge is -2.48. The maximum Gasteiger partial charge on any atom is 0.420 e. The third-order valence-electron chi connectivity index (χ3n) is 17.1. The summed E-state index contributed by atoms with van der Waals surface area (Å²) in [6, 6.07) is 25.1. The molecule has 470 valence electrons. The summed E-state index contributed by atoms with van der Waals surface area (Å²) in [5.41, 5.74) is 8.38. The summed E-state index contributed by atoms with van der Waals surface area (Å²) < 4.78 is 26.1. The summed E-state index contributed by atoms with van der Waals surface area (Å²) in [5, 5.41) is 10.5. The molecule has 0 bridgehead atoms. The molecule has 1 N–H and O–H groups in total. The highest BCUT2D eigenvalue weighted by molar-refractivity contribution is 14.1. The van der Waals surface area contributed by atoms with E-state index < -0.39 is 39.5 Å². The third-order valence-corrected chi connectivity index (χ3v) is 30.2. The summed E-state index contributed by atoms with van der Waals surface area (Å²) in [7, 11) is -4.37. The summed E-state index contributed by atoms with van der Waals surface area (Å²) >= 11 is 2.21. The minimum atomic E-state index is -2.34. The molecule has 0 radical (unpaired) electrons. The van der Waals surface area contributed by atoms with E-state index >= 15 is 0 Å². The van der Waals surface area contributed by atoms with E-state index in [1.807, 2.05) is 103 Å². The quantitative estimate of drug-likeness (QED) is 0.0275. The van der Waals surface area contributed by atoms with Crippen molar-refractivity contribution in [2.45, 2.75) is 220 Å². The lowest BCUT2D eigenvalue weighted by Crippen LogP contribution is -2.53. The van der Waals surface area contributed by atoms with Crippen molar-refractivity contribution in [1.29, 1.82) is 0 Å². The Labute approximate surface area is 541 Å². The van der Waals surface area contributed by atoms with E-state index in [0.29, 0.717) is 62.6 Å². The van der Waals surface area contributed by atoms with Crippen LogP contribution in [0.5, 0.6) is 0 Å². The van der Waals surface area contributed by atoms with Gasteiger partial charge >= 0.3 is 6.09 Å². The van der Waals surface area contributed by atoms with Crippen LogP contribution in [0.2, 0.25) is 33.2 Å². The molecule has 0 aliphatic heterocycles. The molecule has 8 rings (SSSR count). The summed E-state index contributed by atoms with van der Waals surface area (Å²) in [4.78, 5) is 38.4. The number of ketones is 1. The van der Waals surface area contributed by atoms with Crippen molar-refractivity contribution >= 4 is 73.2 Å². The molecule has 0 saturated heterocycles. The van der Waals surface area contributed by atoms with Gasteiger partial charge in [0.15, 0.2) is 5.65 Å². The lowest BCUT2D eigenvalue weighted by molar-refractivity contribution is 0.0543. The number of benzene rings is 2. The average Bonchev–Trinajstić information content (AvgIpc) is 2.12. The van der Waals surface area contributed by atoms with Crippen LogP contribution in [0.4, 0.5) is 4.79 Å². The number of Topliss-reactive ketones (excluding diaryl/α,β-unsaturated/α-hetero) is 1. The first-order chi connectivity index (χ1) is 41.4. The molecule has 2 atom stereocenters. The molecule has 0 amide bonds. The second kappa shape index (κ2) is 29.5. The molecule has 6 heterocycles. The second-order valence-corrected chi connectivity index (χ2v) is 38.4. The van der Waals surface area contributed by atoms with Gasteiger partial charge in [0.1, 0.15) is 22.5 Å². The Balaban J connectivity index is 0.000000226. The number of carbonyl (C=O) groups excluding carboxylic acids is 2. The number of ether oxygens (including phenoxy) is 1. The number of aromatic nitrogens is 8. The zero-order valence-electron chi connectivity index (χ0n) is 56.2. The Morgan fingerprint density at radius 1 is 0.602 bits per heavy atom. The minimum absolute atomic E-state index is 0.253. The maximum atomic E-state index is 13.7. The molecule has 13 nitrogen and oxygen atoms in total. The molecule has 0 aliphatic carbocycles. The van der Waals surface area contributed by atoms with Crippen LogP contribution in [-0.2, 0) is 24.8 Å². The van der Waals surface area contributed by atoms with Crippen molar-refractivity contribution in [3.05, 3.63) is 143 Å². The number of aromatic amines is 1. The Bertz CT molecular complexity index is 3680. The number of pyridine rings is 2. The smallest absolute Gasteiger partial charge is 0.420 e. The number of H-pyrrole nitrogens is 1. The van der Waals surface area contributed by atoms with Gasteiger partial charge in [0.25, 0.3) is 0 Å². The number of fused-ring (bicyclic) bond motifs is 2. The molecule has 6 aromatic heterocycles. The second-order valence-electron chi connectivity index (χ2n) is 26.5. The van der Waals surface area contributed by atoms with Crippen LogP contribution in [0.3, 0.4) is 0 Å². The van der Waals surface area contributed by atoms with Crippen molar-refractivity contribution in [3.63, 3.8) is 0 Å². The standard InChI is InChI=1S/C34H44N4O2Si.C20H32OSi.C18H21IN4O2/c1-10-34(29-14-12-11-13-15-29,40-41(24(4)5,25(6)7)26(8)9)17-16-32(39)31-21-36-33-30(31)18-27(19-35-33)28-20-37-38(22-28)23(2)3;1-9-20(10-2,19-14-12-11-13-15-19)21-22(16(3)4,17(5)6)18(7)8;1-11(2)23-9-13(8-21-23)12-6-14-15(19)10-22(16(14)20-7-12)17(24)25-18(3,4)5/h11-15,18-26H,10H2,1-9H3,(H,35,36);1,11-18H,10H2,2-8H3;6-11H,1-5H3. The van der Waals surface area contributed by atoms with Crippen LogP contribution in [0.15, 0.2) is 122 Å². The van der Waals surface area contributed by atoms with Crippen molar-refractivity contribution in [2.75, 3.05) is 0 Å². The highest BCUT2D eigenvalue weighted by Gasteiger charge is 2.52. The van der Waals surface area contributed by atoms with Crippen LogP contribution in [-0.4, -0.2) is 73.2 Å². The van der Waals surface area contributed by atoms with Crippen LogP contribution in [0.25, 0.3) is 44.3 Å². The fourth-order valence-corrected chi connectivity index (χ4v) is 24.5. The molecular weight excluding hydrogens is 1240 g/mol. The van der Waals surface area contributed by atoms with Gasteiger partial charge in [-0.05, 0) is 146 Å². The van der Waals surface area contributed by atoms with Gasteiger partial charge in [-0.25, -0.2) is 19.3 Å². The summed E-state index contributed by atoms with van der Waals surface area (Å²) in [6.45, 7) is 45.6. The Morgan fingerprint density at radius 2 is 1.03 bits per heavy atom. The first kappa shape index (κ1) is 70.7. The Kier molecular flexibility index (Phi) is 23.7. The lowest BCUT2D eigenvalue weighted by atomic mass is 9.91. The number of nitrogens with one attached hydrogen (secondary N) is 1. The van der Waals surface area contributed by atoms with Crippen molar-refractivity contribution in [2.24, 2.45) is 0 Å². The highest BCUT2D eigenvalue weighted by atomic mass is 127. The number of hydrogen-bond acceptors (Lipinski definition) is 9. The Hall–Kier alpha value is -6.42. The van der Waals surface area contributed by atoms with Gasteiger partial charge in [0.05, 0.1) is 18.0 Å². The molecule has 0 spiro atoms. The van der Waals surface area contributed by atoms with Gasteiger partial charge in [-0.15, -0.1) is 6.42 Å². The van der Waals surface area contributed by atoms with Gasteiger partial charge in [0, 0.05) is 85.9 Å². The first-order valence-corrected chi connectivity index (χ1v) is 36.8. The fourth-order valence-electron chi connectivity index (χ4n) is 12.6. The monoisotopic (exact) mass is 1340 g/mol. The predicted molar refractivity (Wildman–Crippen MR) is 375 cm³/mol. The number of carbonyl (C=O) groups is 2. The maximum absolute atomic E-state index is 13.7. The van der Waals surface area contributed by atoms with Crippen LogP contribution in [0, 0.1) is 27.8 Å². The van der Waals surface area contributed by atoms with Gasteiger partial charge in [-0.1, -0.05) is 169 Å². The largest absolute Gasteiger partial charge is 0.443 e. The van der Waals surface area contributed by atoms with Crippen molar-refractivity contribution in [3.8, 4) is 46.4 Å². The molecule has 8 aromatic rings. The number of hydrogen-bond donors (Lipinski definition) is 1. The van der Waals surface area contributed by atoms with E-state index in [-0.39, 0.29) is 11.8 Å². The predicted octanol–water partition coefficient (Wildman–Crippen LogP) is 19.7. The molecule has 88 heavy (non-hydrogen) atoms. The van der Waals surface area contributed by atoms with Gasteiger partial charge in [-0.3, -0.25) is 14.2 Å². The molecule has 2 unspecified atom stereocenters. The molecule has 0 aliphatic rings. The molecule has 0 fully saturated rings. The molecular formula is C72H97IN8O5Si2. The topological polar surface area (TPSA) is 144 Å². The zero-order chi connectivity index (χ0) is 65.3. The van der Waals surface area contributed by atoms with Crippen molar-refractivity contribution < 1.29 is 23.2 Å². The normalized spacial score (nSPS) is 13.6. The van der Waals surface area contributed by atoms with Gasteiger partial charge in [-0.2, -0.15) is 10.2 Å². The SMILES string of the molecule is C#CC(CC)(O[Si](C(C)C)(C(C)C)C(C)C)c1ccccc1.CC(C)n1cc(-c2cnc3c(c2)c(I)cn3C(=O)OC(C)(C)C)cn1.CCC(C#CC(=O)c1c[nH]c2ncc(-c3cnn(C(C)C)c3)cc12)(O[Si](C(C)C)(C(C)C)C(C)C)c1ccccc1. The number of nitrogens with zero attached hydrogens (tertiary/aromatic N) is 7. The van der Waals surface area contributed by atoms with E-state index in [1.54, 1.807) is 24.8 Å². The molecule has 16 heteroatoms. The highest BCUT2D eigenvalue weighted by Crippen LogP contribution is 2.49. The zero-order valence-corrected chi connectivity index (χ0v) is 60.4. The molecule has 0 saturated carbocycles. The summed E-state index contributed by atoms with van der Waals surface area (Å²) in [5.74, 6) is 9.19. The minimum Gasteiger partial charge on any atom is -0.443 e. The van der Waals surface area contributed by atoms with Gasteiger partial charge < -0.3 is 18.6 Å². The van der Waals surface area contributed by atoms with E-state index in [4.69, 9.17) is 20.0 Å².